The molecule has 37 heavy (non-hydrogen) atoms. The number of fused-ring (bicyclic) bond motifs is 4. The van der Waals surface area contributed by atoms with Gasteiger partial charge in [0.15, 0.2) is 23.0 Å². The molecule has 0 heterocycles. The lowest BCUT2D eigenvalue weighted by Crippen LogP contribution is -2.27. The molecule has 0 N–H and O–H groups in total. The average molecular weight is 509 g/mol. The van der Waals surface area contributed by atoms with E-state index in [2.05, 4.69) is 27.7 Å². The fraction of sp³-hybridized carbons (Fsp3) is 0.448. The predicted molar refractivity (Wildman–Crippen MR) is 134 cm³/mol. The van der Waals surface area contributed by atoms with Crippen LogP contribution in [0.5, 0.6) is 23.0 Å². The summed E-state index contributed by atoms with van der Waals surface area (Å²) in [6.07, 6.45) is 1.42. The van der Waals surface area contributed by atoms with Crippen LogP contribution in [-0.2, 0) is 35.4 Å². The van der Waals surface area contributed by atoms with Crippen molar-refractivity contribution >= 4 is 23.9 Å². The molecule has 8 nitrogen and oxygen atoms in total. The first-order valence-electron chi connectivity index (χ1n) is 12.2. The van der Waals surface area contributed by atoms with E-state index in [1.165, 1.54) is 27.7 Å². The third-order valence-electron chi connectivity index (χ3n) is 7.16. The van der Waals surface area contributed by atoms with E-state index in [0.29, 0.717) is 12.8 Å². The average Bonchev–Trinajstić information content (AvgIpc) is 3.06. The van der Waals surface area contributed by atoms with Crippen LogP contribution in [-0.4, -0.2) is 23.9 Å². The van der Waals surface area contributed by atoms with E-state index in [1.54, 1.807) is 24.3 Å². The van der Waals surface area contributed by atoms with Gasteiger partial charge in [0.1, 0.15) is 0 Å². The van der Waals surface area contributed by atoms with Crippen LogP contribution in [0.3, 0.4) is 0 Å². The van der Waals surface area contributed by atoms with Crippen molar-refractivity contribution in [2.45, 2.75) is 84.5 Å². The molecule has 2 aromatic carbocycles. The molecule has 2 aliphatic rings. The van der Waals surface area contributed by atoms with Gasteiger partial charge in [-0.3, -0.25) is 19.2 Å². The Bertz CT molecular complexity index is 1240. The van der Waals surface area contributed by atoms with Crippen molar-refractivity contribution in [1.29, 1.82) is 0 Å². The fourth-order valence-corrected chi connectivity index (χ4v) is 6.26. The molecule has 0 aromatic heterocycles. The van der Waals surface area contributed by atoms with E-state index in [4.69, 9.17) is 18.9 Å². The number of esters is 4. The molecule has 1 spiro atoms. The molecule has 0 unspecified atom stereocenters. The molecule has 8 heteroatoms. The fourth-order valence-electron chi connectivity index (χ4n) is 6.26. The van der Waals surface area contributed by atoms with Crippen LogP contribution in [0.4, 0.5) is 0 Å². The SMILES string of the molecule is CC(=O)Oc1cc2c(cc1OC(C)=O)C1(CC2(C)C)CC(C)(C)c2cc(OC(C)=O)c(OC(C)=O)cc21. The molecule has 0 fully saturated rings. The van der Waals surface area contributed by atoms with Crippen LogP contribution < -0.4 is 18.9 Å². The second-order valence-electron chi connectivity index (χ2n) is 11.3. The zero-order valence-electron chi connectivity index (χ0n) is 22.5. The quantitative estimate of drug-likeness (QED) is 0.418. The highest BCUT2D eigenvalue weighted by molar-refractivity contribution is 5.77. The molecule has 196 valence electrons. The Hall–Kier alpha value is -3.68. The molecule has 0 aliphatic heterocycles. The van der Waals surface area contributed by atoms with E-state index in [1.807, 2.05) is 0 Å². The van der Waals surface area contributed by atoms with Gasteiger partial charge in [-0.15, -0.1) is 0 Å². The Morgan fingerprint density at radius 2 is 0.757 bits per heavy atom. The summed E-state index contributed by atoms with van der Waals surface area (Å²) in [6, 6.07) is 7.16. The van der Waals surface area contributed by atoms with Gasteiger partial charge in [-0.05, 0) is 70.2 Å². The maximum Gasteiger partial charge on any atom is 0.308 e. The highest BCUT2D eigenvalue weighted by atomic mass is 16.6. The van der Waals surface area contributed by atoms with Crippen LogP contribution in [0.15, 0.2) is 24.3 Å². The van der Waals surface area contributed by atoms with Gasteiger partial charge >= 0.3 is 23.9 Å². The highest BCUT2D eigenvalue weighted by Crippen LogP contribution is 2.64. The van der Waals surface area contributed by atoms with Gasteiger partial charge in [-0.2, -0.15) is 0 Å². The van der Waals surface area contributed by atoms with Gasteiger partial charge < -0.3 is 18.9 Å². The standard InChI is InChI=1S/C29H32O8/c1-15(30)34-23-9-19-21(11-25(23)36-17(3)32)29(13-27(19,5)6)14-28(7,8)20-10-24(35-16(2)31)26(12-22(20)29)37-18(4)33/h9-12H,13-14H2,1-8H3. The Morgan fingerprint density at radius 1 is 0.514 bits per heavy atom. The molecule has 0 atom stereocenters. The van der Waals surface area contributed by atoms with E-state index >= 15 is 0 Å². The van der Waals surface area contributed by atoms with Gasteiger partial charge in [-0.25, -0.2) is 0 Å². The summed E-state index contributed by atoms with van der Waals surface area (Å²) >= 11 is 0. The molecule has 0 saturated carbocycles. The number of hydrogen-bond donors (Lipinski definition) is 0. The first kappa shape index (κ1) is 26.4. The van der Waals surface area contributed by atoms with Crippen LogP contribution in [0.1, 0.15) is 90.5 Å². The van der Waals surface area contributed by atoms with Gasteiger partial charge in [0, 0.05) is 33.1 Å². The summed E-state index contributed by atoms with van der Waals surface area (Å²) in [6.45, 7) is 13.7. The normalized spacial score (nSPS) is 17.5. The first-order chi connectivity index (χ1) is 17.1. The number of rotatable bonds is 4. The van der Waals surface area contributed by atoms with Crippen LogP contribution in [0.2, 0.25) is 0 Å². The predicted octanol–water partition coefficient (Wildman–Crippen LogP) is 5.04. The van der Waals surface area contributed by atoms with Crippen molar-refractivity contribution in [3.8, 4) is 23.0 Å². The summed E-state index contributed by atoms with van der Waals surface area (Å²) in [5.74, 6) is -1.39. The number of benzene rings is 2. The van der Waals surface area contributed by atoms with Crippen LogP contribution in [0.25, 0.3) is 0 Å². The minimum absolute atomic E-state index is 0.168. The minimum atomic E-state index is -0.532. The summed E-state index contributed by atoms with van der Waals surface area (Å²) in [4.78, 5) is 47.4. The first-order valence-corrected chi connectivity index (χ1v) is 12.2. The van der Waals surface area contributed by atoms with Crippen LogP contribution in [0, 0.1) is 0 Å². The Morgan fingerprint density at radius 3 is 1.00 bits per heavy atom. The third-order valence-corrected chi connectivity index (χ3v) is 7.16. The molecule has 0 radical (unpaired) electrons. The van der Waals surface area contributed by atoms with Gasteiger partial charge in [0.25, 0.3) is 0 Å². The van der Waals surface area contributed by atoms with Crippen molar-refractivity contribution in [3.05, 3.63) is 46.5 Å². The van der Waals surface area contributed by atoms with Crippen molar-refractivity contribution in [2.75, 3.05) is 0 Å². The smallest absolute Gasteiger partial charge is 0.308 e. The number of hydrogen-bond acceptors (Lipinski definition) is 8. The van der Waals surface area contributed by atoms with Crippen molar-refractivity contribution in [3.63, 3.8) is 0 Å². The van der Waals surface area contributed by atoms with Gasteiger partial charge in [0.05, 0.1) is 0 Å². The second kappa shape index (κ2) is 8.71. The van der Waals surface area contributed by atoms with Crippen molar-refractivity contribution < 1.29 is 38.1 Å². The Balaban J connectivity index is 2.01. The lowest BCUT2D eigenvalue weighted by molar-refractivity contribution is -0.134. The zero-order valence-corrected chi connectivity index (χ0v) is 22.5. The molecule has 4 rings (SSSR count). The maximum atomic E-state index is 11.9. The van der Waals surface area contributed by atoms with E-state index in [9.17, 15) is 19.2 Å². The van der Waals surface area contributed by atoms with Gasteiger partial charge in [0.2, 0.25) is 0 Å². The summed E-state index contributed by atoms with van der Waals surface area (Å²) in [7, 11) is 0. The summed E-state index contributed by atoms with van der Waals surface area (Å²) in [5.41, 5.74) is 2.67. The number of carbonyl (C=O) groups excluding carboxylic acids is 4. The zero-order chi connectivity index (χ0) is 27.5. The molecule has 2 aliphatic carbocycles. The monoisotopic (exact) mass is 508 g/mol. The second-order valence-corrected chi connectivity index (χ2v) is 11.3. The molecule has 2 aromatic rings. The molecular formula is C29H32O8. The van der Waals surface area contributed by atoms with E-state index in [-0.39, 0.29) is 33.8 Å². The maximum absolute atomic E-state index is 11.9. The third kappa shape index (κ3) is 4.61. The van der Waals surface area contributed by atoms with Crippen molar-refractivity contribution in [1.82, 2.24) is 0 Å². The van der Waals surface area contributed by atoms with E-state index in [0.717, 1.165) is 22.3 Å². The molecular weight excluding hydrogens is 476 g/mol. The largest absolute Gasteiger partial charge is 0.423 e. The lowest BCUT2D eigenvalue weighted by Gasteiger charge is -2.30. The Kier molecular flexibility index (Phi) is 6.21. The Labute approximate surface area is 216 Å². The molecule has 0 saturated heterocycles. The number of carbonyl (C=O) groups is 4. The summed E-state index contributed by atoms with van der Waals surface area (Å²) in [5, 5.41) is 0. The topological polar surface area (TPSA) is 105 Å². The summed E-state index contributed by atoms with van der Waals surface area (Å²) < 4.78 is 21.8. The molecule has 0 bridgehead atoms. The van der Waals surface area contributed by atoms with Crippen molar-refractivity contribution in [2.24, 2.45) is 0 Å². The van der Waals surface area contributed by atoms with Gasteiger partial charge in [-0.1, -0.05) is 27.7 Å². The highest BCUT2D eigenvalue weighted by Gasteiger charge is 2.57. The van der Waals surface area contributed by atoms with E-state index < -0.39 is 29.3 Å². The number of ether oxygens (including phenoxy) is 4. The minimum Gasteiger partial charge on any atom is -0.423 e. The van der Waals surface area contributed by atoms with Crippen LogP contribution >= 0.6 is 0 Å². The lowest BCUT2D eigenvalue weighted by atomic mass is 9.72. The molecule has 0 amide bonds.